The number of rotatable bonds is 5. The Bertz CT molecular complexity index is 441. The monoisotopic (exact) mass is 264 g/mol. The molecule has 0 saturated heterocycles. The minimum Gasteiger partial charge on any atom is -0.459 e. The molecule has 2 N–H and O–H groups in total. The molecule has 19 heavy (non-hydrogen) atoms. The van der Waals surface area contributed by atoms with Gasteiger partial charge in [-0.05, 0) is 52.1 Å². The van der Waals surface area contributed by atoms with Crippen LogP contribution in [0.25, 0.3) is 0 Å². The van der Waals surface area contributed by atoms with E-state index in [-0.39, 0.29) is 24.0 Å². The minimum absolute atomic E-state index is 0.125. The summed E-state index contributed by atoms with van der Waals surface area (Å²) >= 11 is 0. The van der Waals surface area contributed by atoms with Crippen LogP contribution in [0.1, 0.15) is 31.1 Å². The molecule has 1 aromatic carbocycles. The van der Waals surface area contributed by atoms with E-state index in [4.69, 9.17) is 4.74 Å². The highest BCUT2D eigenvalue weighted by Crippen LogP contribution is 2.11. The van der Waals surface area contributed by atoms with Crippen LogP contribution in [0, 0.1) is 0 Å². The maximum Gasteiger partial charge on any atom is 0.338 e. The largest absolute Gasteiger partial charge is 0.459 e. The van der Waals surface area contributed by atoms with E-state index in [0.717, 1.165) is 0 Å². The summed E-state index contributed by atoms with van der Waals surface area (Å²) in [6.07, 6.45) is -0.150. The van der Waals surface area contributed by atoms with Gasteiger partial charge in [0.25, 0.3) is 0 Å². The molecule has 0 aliphatic heterocycles. The molecule has 0 aliphatic carbocycles. The van der Waals surface area contributed by atoms with Crippen LogP contribution in [0.15, 0.2) is 24.3 Å². The fraction of sp³-hybridized carbons (Fsp3) is 0.429. The summed E-state index contributed by atoms with van der Waals surface area (Å²) in [6, 6.07) is 6.34. The Morgan fingerprint density at radius 2 is 1.68 bits per heavy atom. The fourth-order valence-electron chi connectivity index (χ4n) is 1.35. The van der Waals surface area contributed by atoms with Gasteiger partial charge in [-0.2, -0.15) is 0 Å². The van der Waals surface area contributed by atoms with Crippen LogP contribution in [-0.4, -0.2) is 31.1 Å². The summed E-state index contributed by atoms with van der Waals surface area (Å²) in [5.41, 5.74) is 1.11. The topological polar surface area (TPSA) is 67.4 Å². The molecule has 0 aromatic heterocycles. The molecule has 0 heterocycles. The van der Waals surface area contributed by atoms with Crippen LogP contribution in [0.5, 0.6) is 0 Å². The molecule has 0 aliphatic rings. The van der Waals surface area contributed by atoms with Crippen LogP contribution in [0.3, 0.4) is 0 Å². The molecule has 0 bridgehead atoms. The van der Waals surface area contributed by atoms with E-state index in [1.54, 1.807) is 52.1 Å². The lowest BCUT2D eigenvalue weighted by atomic mass is 10.2. The molecule has 1 atom stereocenters. The molecule has 0 spiro atoms. The number of ether oxygens (including phenoxy) is 1. The standard InChI is InChI=1S/C14H20N2O3/c1-9(2)19-14(18)11-5-7-12(8-6-11)16-13(17)10(3)15-4/h5-10,15H,1-4H3,(H,16,17). The van der Waals surface area contributed by atoms with Crippen molar-refractivity contribution in [2.75, 3.05) is 12.4 Å². The number of carbonyl (C=O) groups is 2. The normalized spacial score (nSPS) is 12.1. The number of carbonyl (C=O) groups excluding carboxylic acids is 2. The van der Waals surface area contributed by atoms with Crippen LogP contribution in [0.2, 0.25) is 0 Å². The van der Waals surface area contributed by atoms with Gasteiger partial charge in [0.05, 0.1) is 17.7 Å². The molecule has 1 amide bonds. The number of benzene rings is 1. The van der Waals surface area contributed by atoms with Crippen molar-refractivity contribution in [3.05, 3.63) is 29.8 Å². The van der Waals surface area contributed by atoms with Gasteiger partial charge in [0, 0.05) is 5.69 Å². The first kappa shape index (κ1) is 15.2. The van der Waals surface area contributed by atoms with E-state index in [9.17, 15) is 9.59 Å². The Morgan fingerprint density at radius 1 is 1.11 bits per heavy atom. The van der Waals surface area contributed by atoms with Crippen molar-refractivity contribution in [3.63, 3.8) is 0 Å². The zero-order chi connectivity index (χ0) is 14.4. The smallest absolute Gasteiger partial charge is 0.338 e. The van der Waals surface area contributed by atoms with Gasteiger partial charge >= 0.3 is 5.97 Å². The van der Waals surface area contributed by atoms with Gasteiger partial charge in [-0.3, -0.25) is 4.79 Å². The van der Waals surface area contributed by atoms with E-state index < -0.39 is 0 Å². The predicted molar refractivity (Wildman–Crippen MR) is 74.1 cm³/mol. The average molecular weight is 264 g/mol. The second kappa shape index (κ2) is 6.89. The van der Waals surface area contributed by atoms with Gasteiger partial charge < -0.3 is 15.4 Å². The van der Waals surface area contributed by atoms with Gasteiger partial charge in [-0.25, -0.2) is 4.79 Å². The van der Waals surface area contributed by atoms with E-state index in [1.165, 1.54) is 0 Å². The van der Waals surface area contributed by atoms with Crippen LogP contribution in [-0.2, 0) is 9.53 Å². The first-order chi connectivity index (χ1) is 8.93. The zero-order valence-electron chi connectivity index (χ0n) is 11.7. The third-order valence-electron chi connectivity index (χ3n) is 2.56. The molecule has 1 unspecified atom stereocenters. The highest BCUT2D eigenvalue weighted by atomic mass is 16.5. The third-order valence-corrected chi connectivity index (χ3v) is 2.56. The quantitative estimate of drug-likeness (QED) is 0.796. The molecule has 0 fully saturated rings. The molecule has 5 heteroatoms. The molecule has 5 nitrogen and oxygen atoms in total. The Balaban J connectivity index is 2.66. The van der Waals surface area contributed by atoms with E-state index in [1.807, 2.05) is 0 Å². The summed E-state index contributed by atoms with van der Waals surface area (Å²) in [5, 5.41) is 5.60. The van der Waals surface area contributed by atoms with Gasteiger partial charge in [-0.1, -0.05) is 0 Å². The van der Waals surface area contributed by atoms with Crippen LogP contribution < -0.4 is 10.6 Å². The van der Waals surface area contributed by atoms with E-state index in [2.05, 4.69) is 10.6 Å². The molecule has 1 rings (SSSR count). The number of anilines is 1. The first-order valence-electron chi connectivity index (χ1n) is 6.23. The van der Waals surface area contributed by atoms with Gasteiger partial charge in [-0.15, -0.1) is 0 Å². The van der Waals surface area contributed by atoms with Gasteiger partial charge in [0.15, 0.2) is 0 Å². The van der Waals surface area contributed by atoms with E-state index >= 15 is 0 Å². The predicted octanol–water partition coefficient (Wildman–Crippen LogP) is 1.80. The second-order valence-electron chi connectivity index (χ2n) is 4.53. The first-order valence-corrected chi connectivity index (χ1v) is 6.23. The van der Waals surface area contributed by atoms with Crippen molar-refractivity contribution < 1.29 is 14.3 Å². The van der Waals surface area contributed by atoms with Crippen molar-refractivity contribution >= 4 is 17.6 Å². The number of likely N-dealkylation sites (N-methyl/N-ethyl adjacent to an activating group) is 1. The van der Waals surface area contributed by atoms with Gasteiger partial charge in [0.2, 0.25) is 5.91 Å². The van der Waals surface area contributed by atoms with Crippen molar-refractivity contribution in [2.45, 2.75) is 32.9 Å². The summed E-state index contributed by atoms with van der Waals surface area (Å²) in [4.78, 5) is 23.3. The fourth-order valence-corrected chi connectivity index (χ4v) is 1.35. The Labute approximate surface area is 113 Å². The maximum absolute atomic E-state index is 11.6. The summed E-state index contributed by atoms with van der Waals surface area (Å²) in [7, 11) is 1.72. The molecule has 1 aromatic rings. The van der Waals surface area contributed by atoms with E-state index in [0.29, 0.717) is 11.3 Å². The van der Waals surface area contributed by atoms with Gasteiger partial charge in [0.1, 0.15) is 0 Å². The summed E-state index contributed by atoms with van der Waals surface area (Å²) in [6.45, 7) is 5.36. The Morgan fingerprint density at radius 3 is 2.16 bits per heavy atom. The minimum atomic E-state index is -0.364. The lowest BCUT2D eigenvalue weighted by molar-refractivity contribution is -0.117. The Kier molecular flexibility index (Phi) is 5.51. The molecular formula is C14H20N2O3. The number of hydrogen-bond donors (Lipinski definition) is 2. The second-order valence-corrected chi connectivity index (χ2v) is 4.53. The third kappa shape index (κ3) is 4.71. The highest BCUT2D eigenvalue weighted by molar-refractivity contribution is 5.95. The van der Waals surface area contributed by atoms with Crippen molar-refractivity contribution in [1.29, 1.82) is 0 Å². The number of amides is 1. The zero-order valence-corrected chi connectivity index (χ0v) is 11.7. The number of esters is 1. The summed E-state index contributed by atoms with van der Waals surface area (Å²) in [5.74, 6) is -0.489. The summed E-state index contributed by atoms with van der Waals surface area (Å²) < 4.78 is 5.08. The van der Waals surface area contributed by atoms with Crippen LogP contribution in [0.4, 0.5) is 5.69 Å². The lowest BCUT2D eigenvalue weighted by Gasteiger charge is -2.11. The number of hydrogen-bond acceptors (Lipinski definition) is 4. The molecular weight excluding hydrogens is 244 g/mol. The Hall–Kier alpha value is -1.88. The van der Waals surface area contributed by atoms with Crippen LogP contribution >= 0.6 is 0 Å². The SMILES string of the molecule is CNC(C)C(=O)Nc1ccc(C(=O)OC(C)C)cc1. The lowest BCUT2D eigenvalue weighted by Crippen LogP contribution is -2.35. The number of nitrogens with one attached hydrogen (secondary N) is 2. The highest BCUT2D eigenvalue weighted by Gasteiger charge is 2.12. The van der Waals surface area contributed by atoms with Crippen molar-refractivity contribution in [2.24, 2.45) is 0 Å². The molecule has 0 saturated carbocycles. The average Bonchev–Trinajstić information content (AvgIpc) is 2.37. The molecule has 104 valence electrons. The van der Waals surface area contributed by atoms with Crippen molar-refractivity contribution in [3.8, 4) is 0 Å². The maximum atomic E-state index is 11.6. The van der Waals surface area contributed by atoms with Crippen molar-refractivity contribution in [1.82, 2.24) is 5.32 Å². The molecule has 0 radical (unpaired) electrons.